The maximum absolute atomic E-state index is 15.1. The molecule has 5 rings (SSSR count). The number of nitrogens with one attached hydrogen (secondary N) is 3. The number of halogens is 3. The van der Waals surface area contributed by atoms with Crippen molar-refractivity contribution in [3.63, 3.8) is 0 Å². The summed E-state index contributed by atoms with van der Waals surface area (Å²) in [5.41, 5.74) is 3.12. The van der Waals surface area contributed by atoms with Crippen LogP contribution in [0.4, 0.5) is 18.9 Å². The Bertz CT molecular complexity index is 1460. The second kappa shape index (κ2) is 8.18. The highest BCUT2D eigenvalue weighted by atomic mass is 19.1. The number of aromatic nitrogens is 2. The van der Waals surface area contributed by atoms with Gasteiger partial charge in [-0.15, -0.1) is 0 Å². The zero-order valence-corrected chi connectivity index (χ0v) is 17.8. The van der Waals surface area contributed by atoms with Crippen LogP contribution in [0.3, 0.4) is 0 Å². The third-order valence-electron chi connectivity index (χ3n) is 5.57. The number of hydrogen-bond donors (Lipinski definition) is 3. The maximum atomic E-state index is 15.1. The number of anilines is 1. The van der Waals surface area contributed by atoms with Crippen LogP contribution in [0.25, 0.3) is 22.5 Å². The fraction of sp³-hybridized carbons (Fsp3) is 0.0800. The second-order valence-electron chi connectivity index (χ2n) is 7.89. The molecule has 0 radical (unpaired) electrons. The summed E-state index contributed by atoms with van der Waals surface area (Å²) in [4.78, 5) is 32.3. The number of carbonyl (C=O) groups is 2. The van der Waals surface area contributed by atoms with Crippen LogP contribution in [0.2, 0.25) is 0 Å². The molecular formula is C25H17F3N4O2. The Hall–Kier alpha value is -4.40. The van der Waals surface area contributed by atoms with Crippen molar-refractivity contribution in [1.82, 2.24) is 15.3 Å². The van der Waals surface area contributed by atoms with Gasteiger partial charge >= 0.3 is 0 Å². The van der Waals surface area contributed by atoms with Crippen LogP contribution in [-0.4, -0.2) is 21.8 Å². The Morgan fingerprint density at radius 2 is 1.68 bits per heavy atom. The molecule has 1 aliphatic heterocycles. The highest BCUT2D eigenvalue weighted by molar-refractivity contribution is 6.06. The Morgan fingerprint density at radius 1 is 0.971 bits per heavy atom. The van der Waals surface area contributed by atoms with Gasteiger partial charge in [-0.25, -0.2) is 18.2 Å². The van der Waals surface area contributed by atoms with Crippen LogP contribution in [0.1, 0.15) is 32.0 Å². The van der Waals surface area contributed by atoms with Crippen LogP contribution in [0.15, 0.2) is 54.7 Å². The first-order valence-electron chi connectivity index (χ1n) is 10.3. The average molecular weight is 462 g/mol. The molecule has 6 nitrogen and oxygen atoms in total. The van der Waals surface area contributed by atoms with Crippen molar-refractivity contribution >= 4 is 17.5 Å². The minimum Gasteiger partial charge on any atom is -0.348 e. The van der Waals surface area contributed by atoms with Crippen molar-refractivity contribution in [2.75, 3.05) is 5.32 Å². The summed E-state index contributed by atoms with van der Waals surface area (Å²) in [6.07, 6.45) is 1.73. The minimum atomic E-state index is -0.892. The van der Waals surface area contributed by atoms with E-state index in [4.69, 9.17) is 0 Å². The Labute approximate surface area is 191 Å². The summed E-state index contributed by atoms with van der Waals surface area (Å²) in [5.74, 6) is -2.92. The van der Waals surface area contributed by atoms with Crippen LogP contribution < -0.4 is 10.6 Å². The average Bonchev–Trinajstić information content (AvgIpc) is 3.39. The number of aryl methyl sites for hydroxylation is 1. The van der Waals surface area contributed by atoms with E-state index in [2.05, 4.69) is 20.6 Å². The van der Waals surface area contributed by atoms with Gasteiger partial charge in [0.15, 0.2) is 0 Å². The van der Waals surface area contributed by atoms with E-state index in [0.717, 1.165) is 23.9 Å². The van der Waals surface area contributed by atoms with Gasteiger partial charge in [0.2, 0.25) is 0 Å². The third kappa shape index (κ3) is 3.81. The highest BCUT2D eigenvalue weighted by Gasteiger charge is 2.28. The summed E-state index contributed by atoms with van der Waals surface area (Å²) in [5, 5.41) is 5.21. The van der Waals surface area contributed by atoms with Gasteiger partial charge < -0.3 is 15.6 Å². The maximum Gasteiger partial charge on any atom is 0.255 e. The van der Waals surface area contributed by atoms with E-state index in [1.54, 1.807) is 18.3 Å². The van der Waals surface area contributed by atoms with Crippen LogP contribution in [0.5, 0.6) is 0 Å². The highest BCUT2D eigenvalue weighted by Crippen LogP contribution is 2.36. The van der Waals surface area contributed by atoms with Crippen molar-refractivity contribution < 1.29 is 22.8 Å². The first-order valence-corrected chi connectivity index (χ1v) is 10.3. The lowest BCUT2D eigenvalue weighted by Crippen LogP contribution is -2.13. The molecule has 0 unspecified atom stereocenters. The van der Waals surface area contributed by atoms with E-state index in [1.165, 1.54) is 12.1 Å². The van der Waals surface area contributed by atoms with Crippen molar-refractivity contribution in [2.45, 2.75) is 13.5 Å². The molecular weight excluding hydrogens is 445 g/mol. The van der Waals surface area contributed by atoms with Gasteiger partial charge in [-0.05, 0) is 54.4 Å². The number of nitrogens with zero attached hydrogens (tertiary/aromatic N) is 1. The molecule has 0 saturated heterocycles. The second-order valence-corrected chi connectivity index (χ2v) is 7.89. The predicted molar refractivity (Wildman–Crippen MR) is 120 cm³/mol. The Balaban J connectivity index is 1.48. The SMILES string of the molecule is Cc1c[nH]c(-c2ccc(-c3ccc(NC(=O)c4cc(F)cc(F)c4)cc3F)c3c2C(=O)NC3)n1. The molecule has 1 aliphatic rings. The van der Waals surface area contributed by atoms with Gasteiger partial charge in [-0.2, -0.15) is 0 Å². The smallest absolute Gasteiger partial charge is 0.255 e. The van der Waals surface area contributed by atoms with Crippen molar-refractivity contribution in [2.24, 2.45) is 0 Å². The van der Waals surface area contributed by atoms with Crippen LogP contribution >= 0.6 is 0 Å². The topological polar surface area (TPSA) is 86.9 Å². The number of aromatic amines is 1. The van der Waals surface area contributed by atoms with E-state index in [1.807, 2.05) is 6.92 Å². The van der Waals surface area contributed by atoms with Gasteiger partial charge in [0.05, 0.1) is 11.3 Å². The molecule has 0 atom stereocenters. The number of benzene rings is 3. The molecule has 170 valence electrons. The van der Waals surface area contributed by atoms with Gasteiger partial charge in [0.25, 0.3) is 11.8 Å². The van der Waals surface area contributed by atoms with Crippen molar-refractivity contribution in [3.05, 3.63) is 94.6 Å². The number of rotatable bonds is 4. The molecule has 2 heterocycles. The number of fused-ring (bicyclic) bond motifs is 1. The molecule has 1 aromatic heterocycles. The number of carbonyl (C=O) groups excluding carboxylic acids is 2. The molecule has 0 fully saturated rings. The lowest BCUT2D eigenvalue weighted by Gasteiger charge is -2.13. The van der Waals surface area contributed by atoms with Crippen LogP contribution in [0, 0.1) is 24.4 Å². The van der Waals surface area contributed by atoms with Crippen molar-refractivity contribution in [3.8, 4) is 22.5 Å². The number of amides is 2. The molecule has 0 spiro atoms. The Morgan fingerprint density at radius 3 is 2.35 bits per heavy atom. The molecule has 34 heavy (non-hydrogen) atoms. The summed E-state index contributed by atoms with van der Waals surface area (Å²) < 4.78 is 41.9. The fourth-order valence-electron chi connectivity index (χ4n) is 4.05. The molecule has 4 aromatic rings. The zero-order valence-electron chi connectivity index (χ0n) is 17.8. The van der Waals surface area contributed by atoms with E-state index >= 15 is 4.39 Å². The van der Waals surface area contributed by atoms with Crippen molar-refractivity contribution in [1.29, 1.82) is 0 Å². The fourth-order valence-corrected chi connectivity index (χ4v) is 4.05. The van der Waals surface area contributed by atoms with E-state index < -0.39 is 23.4 Å². The number of hydrogen-bond acceptors (Lipinski definition) is 3. The van der Waals surface area contributed by atoms with Gasteiger partial charge in [0.1, 0.15) is 23.3 Å². The summed E-state index contributed by atoms with van der Waals surface area (Å²) >= 11 is 0. The van der Waals surface area contributed by atoms with E-state index in [0.29, 0.717) is 34.1 Å². The molecule has 3 N–H and O–H groups in total. The molecule has 0 saturated carbocycles. The first kappa shape index (κ1) is 21.4. The summed E-state index contributed by atoms with van der Waals surface area (Å²) in [6, 6.07) is 9.93. The number of imidazole rings is 1. The quantitative estimate of drug-likeness (QED) is 0.401. The first-order chi connectivity index (χ1) is 16.3. The van der Waals surface area contributed by atoms with Gasteiger partial charge in [-0.1, -0.05) is 6.07 Å². The predicted octanol–water partition coefficient (Wildman–Crippen LogP) is 4.97. The largest absolute Gasteiger partial charge is 0.348 e. The molecule has 0 bridgehead atoms. The lowest BCUT2D eigenvalue weighted by molar-refractivity contribution is 0.0965. The molecule has 3 aromatic carbocycles. The van der Waals surface area contributed by atoms with Gasteiger partial charge in [-0.3, -0.25) is 9.59 Å². The Kier molecular flexibility index (Phi) is 5.16. The normalized spacial score (nSPS) is 12.4. The summed E-state index contributed by atoms with van der Waals surface area (Å²) in [7, 11) is 0. The third-order valence-corrected chi connectivity index (χ3v) is 5.57. The van der Waals surface area contributed by atoms with E-state index in [-0.39, 0.29) is 29.3 Å². The zero-order chi connectivity index (χ0) is 24.0. The molecule has 9 heteroatoms. The minimum absolute atomic E-state index is 0.115. The molecule has 0 aliphatic carbocycles. The molecule has 2 amide bonds. The summed E-state index contributed by atoms with van der Waals surface area (Å²) in [6.45, 7) is 2.06. The van der Waals surface area contributed by atoms with Crippen LogP contribution in [-0.2, 0) is 6.54 Å². The van der Waals surface area contributed by atoms with Gasteiger partial charge in [0, 0.05) is 41.2 Å². The lowest BCUT2D eigenvalue weighted by atomic mass is 9.92. The number of H-pyrrole nitrogens is 1. The standard InChI is InChI=1S/C25H17F3N4O2/c1-12-10-29-23(31-12)19-5-4-17(20-11-30-25(34)22(19)20)18-3-2-16(9-21(18)28)32-24(33)13-6-14(26)8-15(27)7-13/h2-10H,11H2,1H3,(H,29,31)(H,30,34)(H,32,33). The van der Waals surface area contributed by atoms with E-state index in [9.17, 15) is 18.4 Å². The monoisotopic (exact) mass is 462 g/mol.